The Hall–Kier alpha value is -2.60. The van der Waals surface area contributed by atoms with Gasteiger partial charge in [-0.2, -0.15) is 0 Å². The molecule has 0 heteroatoms. The smallest absolute Gasteiger partial charge is 0.0105 e. The molecule has 0 aromatic heterocycles. The Morgan fingerprint density at radius 2 is 0.800 bits per heavy atom. The third-order valence-corrected chi connectivity index (χ3v) is 3.32. The molecule has 0 heterocycles. The normalized spacial score (nSPS) is 13.2. The zero-order chi connectivity index (χ0) is 13.6. The zero-order valence-corrected chi connectivity index (χ0v) is 11.2. The van der Waals surface area contributed by atoms with Gasteiger partial charge in [0.25, 0.3) is 0 Å². The quantitative estimate of drug-likeness (QED) is 0.583. The van der Waals surface area contributed by atoms with Crippen LogP contribution in [0.3, 0.4) is 0 Å². The van der Waals surface area contributed by atoms with E-state index in [1.165, 1.54) is 22.3 Å². The number of allylic oxidation sites excluding steroid dienone is 6. The van der Waals surface area contributed by atoms with Gasteiger partial charge in [-0.1, -0.05) is 97.1 Å². The van der Waals surface area contributed by atoms with Gasteiger partial charge in [-0.15, -0.1) is 0 Å². The Morgan fingerprint density at radius 3 is 1.30 bits per heavy atom. The second-order valence-corrected chi connectivity index (χ2v) is 4.66. The molecule has 96 valence electrons. The molecule has 0 radical (unpaired) electrons. The second kappa shape index (κ2) is 6.03. The van der Waals surface area contributed by atoms with E-state index in [1.54, 1.807) is 0 Å². The largest absolute Gasteiger partial charge is 0.0623 e. The maximum absolute atomic E-state index is 2.18. The molecule has 0 saturated heterocycles. The van der Waals surface area contributed by atoms with Crippen molar-refractivity contribution in [2.24, 2.45) is 0 Å². The zero-order valence-electron chi connectivity index (χ0n) is 11.2. The van der Waals surface area contributed by atoms with Crippen LogP contribution < -0.4 is 0 Å². The minimum Gasteiger partial charge on any atom is -0.0623 e. The number of fused-ring (bicyclic) bond motifs is 3. The van der Waals surface area contributed by atoms with Crippen LogP contribution in [-0.4, -0.2) is 0 Å². The van der Waals surface area contributed by atoms with Crippen molar-refractivity contribution < 1.29 is 0 Å². The van der Waals surface area contributed by atoms with Crippen LogP contribution >= 0.6 is 0 Å². The Balaban J connectivity index is 2.23. The predicted octanol–water partition coefficient (Wildman–Crippen LogP) is 5.51. The fourth-order valence-electron chi connectivity index (χ4n) is 2.35. The van der Waals surface area contributed by atoms with Crippen LogP contribution in [0.25, 0.3) is 23.3 Å². The highest BCUT2D eigenvalue weighted by Gasteiger charge is 2.05. The van der Waals surface area contributed by atoms with Crippen molar-refractivity contribution in [2.45, 2.75) is 0 Å². The molecule has 2 aromatic rings. The molecule has 0 saturated carbocycles. The van der Waals surface area contributed by atoms with Gasteiger partial charge in [-0.3, -0.25) is 0 Å². The van der Waals surface area contributed by atoms with Crippen molar-refractivity contribution in [3.05, 3.63) is 96.1 Å². The molecule has 0 amide bonds. The first-order chi connectivity index (χ1) is 9.95. The standard InChI is InChI=1S/C20H16/c1-2-4-6-12-18-14-8-10-16-20(18)19-15-9-7-13-17(19)11-5-3-1/h1-16H. The second-order valence-electron chi connectivity index (χ2n) is 4.66. The molecule has 0 N–H and O–H groups in total. The van der Waals surface area contributed by atoms with E-state index >= 15 is 0 Å². The summed E-state index contributed by atoms with van der Waals surface area (Å²) >= 11 is 0. The van der Waals surface area contributed by atoms with Crippen molar-refractivity contribution in [1.82, 2.24) is 0 Å². The number of hydrogen-bond donors (Lipinski definition) is 0. The van der Waals surface area contributed by atoms with Crippen molar-refractivity contribution in [3.8, 4) is 11.1 Å². The molecule has 0 aliphatic heterocycles. The molecule has 0 atom stereocenters. The van der Waals surface area contributed by atoms with Crippen LogP contribution in [0, 0.1) is 0 Å². The molecule has 0 nitrogen and oxygen atoms in total. The molecular weight excluding hydrogens is 240 g/mol. The summed E-state index contributed by atoms with van der Waals surface area (Å²) in [6, 6.07) is 17.0. The predicted molar refractivity (Wildman–Crippen MR) is 88.2 cm³/mol. The summed E-state index contributed by atoms with van der Waals surface area (Å²) in [7, 11) is 0. The van der Waals surface area contributed by atoms with E-state index in [9.17, 15) is 0 Å². The van der Waals surface area contributed by atoms with Crippen LogP contribution in [0.1, 0.15) is 11.1 Å². The topological polar surface area (TPSA) is 0 Å². The lowest BCUT2D eigenvalue weighted by atomic mass is 9.95. The first-order valence-corrected chi connectivity index (χ1v) is 6.82. The van der Waals surface area contributed by atoms with Gasteiger partial charge in [0.1, 0.15) is 0 Å². The minimum atomic E-state index is 1.24. The highest BCUT2D eigenvalue weighted by atomic mass is 14.1. The minimum absolute atomic E-state index is 1.24. The Morgan fingerprint density at radius 1 is 0.400 bits per heavy atom. The van der Waals surface area contributed by atoms with Crippen LogP contribution in [-0.2, 0) is 0 Å². The molecular formula is C20H16. The fraction of sp³-hybridized carbons (Fsp3) is 0. The van der Waals surface area contributed by atoms with Crippen molar-refractivity contribution >= 4 is 12.2 Å². The average Bonchev–Trinajstić information content (AvgIpc) is 2.49. The molecule has 1 aliphatic carbocycles. The van der Waals surface area contributed by atoms with Gasteiger partial charge in [0.15, 0.2) is 0 Å². The van der Waals surface area contributed by atoms with Gasteiger partial charge in [0.2, 0.25) is 0 Å². The van der Waals surface area contributed by atoms with Gasteiger partial charge in [-0.05, 0) is 22.3 Å². The lowest BCUT2D eigenvalue weighted by Gasteiger charge is -2.10. The monoisotopic (exact) mass is 256 g/mol. The maximum Gasteiger partial charge on any atom is -0.0105 e. The first-order valence-electron chi connectivity index (χ1n) is 6.82. The number of rotatable bonds is 0. The van der Waals surface area contributed by atoms with Gasteiger partial charge in [-0.25, -0.2) is 0 Å². The molecule has 2 aromatic carbocycles. The average molecular weight is 256 g/mol. The van der Waals surface area contributed by atoms with E-state index in [2.05, 4.69) is 85.0 Å². The van der Waals surface area contributed by atoms with Crippen molar-refractivity contribution in [1.29, 1.82) is 0 Å². The summed E-state index contributed by atoms with van der Waals surface area (Å²) in [5.41, 5.74) is 5.01. The maximum atomic E-state index is 2.18. The molecule has 3 rings (SSSR count). The number of hydrogen-bond acceptors (Lipinski definition) is 0. The summed E-state index contributed by atoms with van der Waals surface area (Å²) in [5.74, 6) is 0. The Bertz CT molecular complexity index is 649. The van der Waals surface area contributed by atoms with E-state index < -0.39 is 0 Å². The lowest BCUT2D eigenvalue weighted by Crippen LogP contribution is -1.86. The van der Waals surface area contributed by atoms with Crippen LogP contribution in [0.2, 0.25) is 0 Å². The summed E-state index contributed by atoms with van der Waals surface area (Å²) in [6.45, 7) is 0. The van der Waals surface area contributed by atoms with Gasteiger partial charge in [0, 0.05) is 0 Å². The summed E-state index contributed by atoms with van der Waals surface area (Å²) < 4.78 is 0. The fourth-order valence-corrected chi connectivity index (χ4v) is 2.35. The molecule has 20 heavy (non-hydrogen) atoms. The highest BCUT2D eigenvalue weighted by Crippen LogP contribution is 2.29. The van der Waals surface area contributed by atoms with Crippen LogP contribution in [0.5, 0.6) is 0 Å². The third-order valence-electron chi connectivity index (χ3n) is 3.32. The van der Waals surface area contributed by atoms with Crippen molar-refractivity contribution in [2.75, 3.05) is 0 Å². The van der Waals surface area contributed by atoms with E-state index in [-0.39, 0.29) is 0 Å². The van der Waals surface area contributed by atoms with Crippen LogP contribution in [0.15, 0.2) is 85.0 Å². The van der Waals surface area contributed by atoms with Gasteiger partial charge >= 0.3 is 0 Å². The molecule has 0 unspecified atom stereocenters. The molecule has 1 aliphatic rings. The molecule has 0 fully saturated rings. The lowest BCUT2D eigenvalue weighted by molar-refractivity contribution is 1.57. The van der Waals surface area contributed by atoms with Crippen LogP contribution in [0.4, 0.5) is 0 Å². The Labute approximate surface area is 120 Å². The number of benzene rings is 2. The molecule has 0 spiro atoms. The highest BCUT2D eigenvalue weighted by molar-refractivity contribution is 5.82. The molecule has 0 bridgehead atoms. The summed E-state index contributed by atoms with van der Waals surface area (Å²) in [5, 5.41) is 0. The van der Waals surface area contributed by atoms with E-state index in [0.29, 0.717) is 0 Å². The van der Waals surface area contributed by atoms with Gasteiger partial charge in [0.05, 0.1) is 0 Å². The SMILES string of the molecule is C1=CC=Cc2ccccc2-c2ccccc2C=CC=C1. The summed E-state index contributed by atoms with van der Waals surface area (Å²) in [4.78, 5) is 0. The van der Waals surface area contributed by atoms with Crippen molar-refractivity contribution in [3.63, 3.8) is 0 Å². The van der Waals surface area contributed by atoms with E-state index in [4.69, 9.17) is 0 Å². The van der Waals surface area contributed by atoms with E-state index in [0.717, 1.165) is 0 Å². The summed E-state index contributed by atoms with van der Waals surface area (Å²) in [6.07, 6.45) is 16.6. The Kier molecular flexibility index (Phi) is 3.75. The van der Waals surface area contributed by atoms with Gasteiger partial charge < -0.3 is 0 Å². The third kappa shape index (κ3) is 2.70. The first kappa shape index (κ1) is 12.4. The van der Waals surface area contributed by atoms with E-state index in [1.807, 2.05) is 12.2 Å².